The van der Waals surface area contributed by atoms with Gasteiger partial charge in [0.1, 0.15) is 17.1 Å². The lowest BCUT2D eigenvalue weighted by atomic mass is 9.75. The van der Waals surface area contributed by atoms with Crippen molar-refractivity contribution >= 4 is 11.8 Å². The number of ketones is 1. The number of aromatic carboxylic acids is 1. The number of hydrogen-bond acceptors (Lipinski definition) is 7. The Bertz CT molecular complexity index is 1100. The largest absolute Gasteiger partial charge is 0.507 e. The molecule has 10 atom stereocenters. The van der Waals surface area contributed by atoms with E-state index in [9.17, 15) is 30.0 Å². The van der Waals surface area contributed by atoms with Crippen LogP contribution in [0.4, 0.5) is 0 Å². The van der Waals surface area contributed by atoms with E-state index in [-0.39, 0.29) is 46.2 Å². The molecule has 0 aliphatic carbocycles. The number of carboxylic acid groups (broad SMARTS) is 1. The zero-order valence-electron chi connectivity index (χ0n) is 26.9. The number of phenols is 1. The number of Topliss-reactive ketones (excluding diaryl/α,β-unsaturated/α-hetero) is 1. The van der Waals surface area contributed by atoms with Crippen molar-refractivity contribution in [3.05, 3.63) is 28.8 Å². The van der Waals surface area contributed by atoms with E-state index in [1.54, 1.807) is 26.0 Å². The Kier molecular flexibility index (Phi) is 11.3. The summed E-state index contributed by atoms with van der Waals surface area (Å²) >= 11 is 0. The third-order valence-electron chi connectivity index (χ3n) is 10.6. The van der Waals surface area contributed by atoms with E-state index in [0.717, 1.165) is 25.7 Å². The Morgan fingerprint density at radius 3 is 2.12 bits per heavy atom. The number of benzene rings is 1. The molecule has 0 spiro atoms. The van der Waals surface area contributed by atoms with Gasteiger partial charge in [0.05, 0.1) is 35.6 Å². The van der Waals surface area contributed by atoms with Gasteiger partial charge in [-0.2, -0.15) is 0 Å². The van der Waals surface area contributed by atoms with Gasteiger partial charge in [-0.25, -0.2) is 4.79 Å². The summed E-state index contributed by atoms with van der Waals surface area (Å²) in [5, 5.41) is 42.3. The second-order valence-electron chi connectivity index (χ2n) is 13.2. The number of aryl methyl sites for hydroxylation is 2. The fourth-order valence-electron chi connectivity index (χ4n) is 7.12. The Labute approximate surface area is 251 Å². The highest BCUT2D eigenvalue weighted by atomic mass is 16.6. The van der Waals surface area contributed by atoms with Gasteiger partial charge < -0.3 is 29.9 Å². The molecule has 0 aromatic heterocycles. The summed E-state index contributed by atoms with van der Waals surface area (Å²) in [5.74, 6) is -3.32. The molecule has 1 aromatic carbocycles. The molecule has 0 bridgehead atoms. The Balaban J connectivity index is 1.57. The molecule has 2 aliphatic heterocycles. The first-order valence-corrected chi connectivity index (χ1v) is 16.0. The first-order chi connectivity index (χ1) is 19.7. The van der Waals surface area contributed by atoms with Crippen molar-refractivity contribution in [1.82, 2.24) is 0 Å². The fourth-order valence-corrected chi connectivity index (χ4v) is 7.12. The summed E-state index contributed by atoms with van der Waals surface area (Å²) in [4.78, 5) is 25.3. The number of carbonyl (C=O) groups excluding carboxylic acids is 1. The number of epoxide rings is 2. The van der Waals surface area contributed by atoms with Crippen molar-refractivity contribution < 1.29 is 39.5 Å². The molecule has 1 aromatic rings. The van der Waals surface area contributed by atoms with Gasteiger partial charge in [0.25, 0.3) is 0 Å². The number of ether oxygens (including phenoxy) is 2. The van der Waals surface area contributed by atoms with Crippen LogP contribution in [-0.4, -0.2) is 67.8 Å². The molecule has 2 heterocycles. The Hall–Kier alpha value is -2.00. The lowest BCUT2D eigenvalue weighted by Gasteiger charge is -2.32. The molecule has 0 radical (unpaired) electrons. The normalized spacial score (nSPS) is 29.3. The van der Waals surface area contributed by atoms with Crippen LogP contribution in [0, 0.1) is 30.6 Å². The van der Waals surface area contributed by atoms with Crippen LogP contribution in [0.25, 0.3) is 0 Å². The predicted molar refractivity (Wildman–Crippen MR) is 162 cm³/mol. The minimum atomic E-state index is -1.19. The van der Waals surface area contributed by atoms with Gasteiger partial charge >= 0.3 is 5.97 Å². The van der Waals surface area contributed by atoms with Crippen LogP contribution < -0.4 is 0 Å². The van der Waals surface area contributed by atoms with Gasteiger partial charge in [0.15, 0.2) is 0 Å². The first kappa shape index (κ1) is 34.5. The summed E-state index contributed by atoms with van der Waals surface area (Å²) in [5.41, 5.74) is 0.589. The van der Waals surface area contributed by atoms with Gasteiger partial charge in [0.2, 0.25) is 0 Å². The number of carbonyl (C=O) groups is 2. The third-order valence-corrected chi connectivity index (χ3v) is 10.6. The van der Waals surface area contributed by atoms with Gasteiger partial charge in [0, 0.05) is 11.8 Å². The van der Waals surface area contributed by atoms with Crippen LogP contribution in [0.15, 0.2) is 12.1 Å². The summed E-state index contributed by atoms with van der Waals surface area (Å²) in [6.07, 6.45) is 4.34. The topological polar surface area (TPSA) is 140 Å². The lowest BCUT2D eigenvalue weighted by Crippen LogP contribution is -2.42. The summed E-state index contributed by atoms with van der Waals surface area (Å²) in [7, 11) is 0. The molecule has 8 heteroatoms. The van der Waals surface area contributed by atoms with E-state index < -0.39 is 30.0 Å². The molecule has 0 unspecified atom stereocenters. The summed E-state index contributed by atoms with van der Waals surface area (Å²) < 4.78 is 12.1. The van der Waals surface area contributed by atoms with E-state index >= 15 is 0 Å². The Morgan fingerprint density at radius 1 is 0.976 bits per heavy atom. The van der Waals surface area contributed by atoms with Crippen molar-refractivity contribution in [2.45, 2.75) is 142 Å². The van der Waals surface area contributed by atoms with E-state index in [4.69, 9.17) is 9.47 Å². The zero-order chi connectivity index (χ0) is 31.6. The minimum Gasteiger partial charge on any atom is -0.507 e. The minimum absolute atomic E-state index is 0.00907. The monoisotopic (exact) mass is 590 g/mol. The average Bonchev–Trinajstić information content (AvgIpc) is 3.85. The van der Waals surface area contributed by atoms with Crippen molar-refractivity contribution in [1.29, 1.82) is 0 Å². The van der Waals surface area contributed by atoms with E-state index in [0.29, 0.717) is 42.9 Å². The molecule has 4 N–H and O–H groups in total. The van der Waals surface area contributed by atoms with Crippen LogP contribution >= 0.6 is 0 Å². The molecule has 0 saturated carbocycles. The maximum absolute atomic E-state index is 13.6. The quantitative estimate of drug-likeness (QED) is 0.156. The second kappa shape index (κ2) is 13.7. The van der Waals surface area contributed by atoms with Gasteiger partial charge in [-0.1, -0.05) is 53.7 Å². The SMILES string of the molecule is CC[C@@H](C(=O)[C@@H](C)[C@@H](O)[C@H](C)CCc1ccc(C)c(O)c1C(=O)O)[C@@H](O)[C@@H](C)C[C@@]1(CC)O[C@@H]1CC[C@@]1(CC)O[C@@H]1C. The molecule has 3 rings (SSSR count). The molecule has 0 amide bonds. The number of aliphatic hydroxyl groups is 2. The summed E-state index contributed by atoms with van der Waals surface area (Å²) in [6, 6.07) is 3.37. The number of carboxylic acids is 1. The average molecular weight is 591 g/mol. The molecule has 8 nitrogen and oxygen atoms in total. The maximum atomic E-state index is 13.6. The van der Waals surface area contributed by atoms with Gasteiger partial charge in [-0.15, -0.1) is 0 Å². The second-order valence-corrected chi connectivity index (χ2v) is 13.2. The smallest absolute Gasteiger partial charge is 0.339 e. The molecule has 238 valence electrons. The highest BCUT2D eigenvalue weighted by molar-refractivity contribution is 5.93. The molecule has 2 aliphatic rings. The van der Waals surface area contributed by atoms with Crippen LogP contribution in [0.2, 0.25) is 0 Å². The lowest BCUT2D eigenvalue weighted by molar-refractivity contribution is -0.136. The third kappa shape index (κ3) is 7.20. The van der Waals surface area contributed by atoms with Crippen LogP contribution in [0.3, 0.4) is 0 Å². The zero-order valence-corrected chi connectivity index (χ0v) is 26.9. The van der Waals surface area contributed by atoms with E-state index in [1.165, 1.54) is 0 Å². The van der Waals surface area contributed by atoms with Crippen LogP contribution in [0.1, 0.15) is 115 Å². The molecule has 42 heavy (non-hydrogen) atoms. The molecule has 2 fully saturated rings. The standard InChI is InChI=1S/C34H54O8/c1-9-25(29(36)21(6)18-34(11-3)26(42-34)16-17-33(10-2)23(8)41-33)31(38)22(7)28(35)19(4)12-14-24-15-13-20(5)30(37)27(24)32(39)40/h13,15,19,21-23,25-26,28-29,35-37H,9-12,14,16-18H2,1-8H3,(H,39,40)/t19-,21+,22+,23-,25-,26-,28+,29+,33-,34-/m1/s1. The molecular formula is C34H54O8. The number of aliphatic hydroxyl groups excluding tert-OH is 2. The van der Waals surface area contributed by atoms with E-state index in [2.05, 4.69) is 20.8 Å². The van der Waals surface area contributed by atoms with Crippen molar-refractivity contribution in [3.8, 4) is 5.75 Å². The molecular weight excluding hydrogens is 536 g/mol. The van der Waals surface area contributed by atoms with Crippen LogP contribution in [0.5, 0.6) is 5.75 Å². The van der Waals surface area contributed by atoms with Gasteiger partial charge in [-0.05, 0) is 88.2 Å². The van der Waals surface area contributed by atoms with Crippen molar-refractivity contribution in [3.63, 3.8) is 0 Å². The van der Waals surface area contributed by atoms with Crippen molar-refractivity contribution in [2.24, 2.45) is 23.7 Å². The van der Waals surface area contributed by atoms with Crippen molar-refractivity contribution in [2.75, 3.05) is 0 Å². The van der Waals surface area contributed by atoms with Crippen LogP contribution in [-0.2, 0) is 20.7 Å². The fraction of sp³-hybridized carbons (Fsp3) is 0.765. The summed E-state index contributed by atoms with van der Waals surface area (Å²) in [6.45, 7) is 15.5. The number of hydrogen-bond donors (Lipinski definition) is 4. The first-order valence-electron chi connectivity index (χ1n) is 16.0. The predicted octanol–water partition coefficient (Wildman–Crippen LogP) is 5.84. The number of aromatic hydroxyl groups is 1. The van der Waals surface area contributed by atoms with E-state index in [1.807, 2.05) is 20.8 Å². The Morgan fingerprint density at radius 2 is 1.60 bits per heavy atom. The maximum Gasteiger partial charge on any atom is 0.339 e. The highest BCUT2D eigenvalue weighted by Gasteiger charge is 2.58. The van der Waals surface area contributed by atoms with Gasteiger partial charge in [-0.3, -0.25) is 4.79 Å². The molecule has 2 saturated heterocycles. The number of rotatable bonds is 18. The highest BCUT2D eigenvalue weighted by Crippen LogP contribution is 2.51.